The molecule has 0 aliphatic heterocycles. The highest BCUT2D eigenvalue weighted by Crippen LogP contribution is 2.37. The molecule has 11 heteroatoms. The summed E-state index contributed by atoms with van der Waals surface area (Å²) in [5.41, 5.74) is 4.60. The number of nitriles is 1. The number of methoxy groups -OCH3 is 1. The van der Waals surface area contributed by atoms with Gasteiger partial charge in [-0.1, -0.05) is 41.4 Å². The van der Waals surface area contributed by atoms with E-state index in [9.17, 15) is 9.59 Å². The number of carbonyl (C=O) groups excluding carboxylic acids is 2. The van der Waals surface area contributed by atoms with Gasteiger partial charge < -0.3 is 14.8 Å². The molecule has 0 unspecified atom stereocenters. The van der Waals surface area contributed by atoms with Crippen LogP contribution >= 0.6 is 39.1 Å². The second kappa shape index (κ2) is 12.9. The van der Waals surface area contributed by atoms with Crippen LogP contribution in [0, 0.1) is 11.3 Å². The second-order valence-electron chi connectivity index (χ2n) is 7.21. The van der Waals surface area contributed by atoms with E-state index in [4.69, 9.17) is 37.9 Å². The number of hydrazone groups is 1. The smallest absolute Gasteiger partial charge is 0.329 e. The number of ether oxygens (including phenoxy) is 2. The first-order valence-electron chi connectivity index (χ1n) is 10.4. The zero-order chi connectivity index (χ0) is 26.1. The number of nitrogens with zero attached hydrogens (tertiary/aromatic N) is 2. The van der Waals surface area contributed by atoms with E-state index < -0.39 is 11.8 Å². The van der Waals surface area contributed by atoms with E-state index in [0.29, 0.717) is 42.8 Å². The highest BCUT2D eigenvalue weighted by Gasteiger charge is 2.15. The number of halogens is 3. The Morgan fingerprint density at radius 2 is 1.81 bits per heavy atom. The minimum absolute atomic E-state index is 0.118. The van der Waals surface area contributed by atoms with Crippen LogP contribution in [0.15, 0.2) is 64.2 Å². The third-order valence-electron chi connectivity index (χ3n) is 4.76. The van der Waals surface area contributed by atoms with Crippen LogP contribution in [-0.2, 0) is 22.6 Å². The lowest BCUT2D eigenvalue weighted by Crippen LogP contribution is -2.32. The van der Waals surface area contributed by atoms with Crippen LogP contribution < -0.4 is 20.2 Å². The van der Waals surface area contributed by atoms with Gasteiger partial charge in [0, 0.05) is 21.3 Å². The number of hydrogen-bond acceptors (Lipinski definition) is 6. The van der Waals surface area contributed by atoms with Crippen LogP contribution in [0.25, 0.3) is 0 Å². The van der Waals surface area contributed by atoms with Crippen molar-refractivity contribution in [3.05, 3.63) is 85.8 Å². The number of amides is 2. The predicted octanol–water partition coefficient (Wildman–Crippen LogP) is 5.50. The quantitative estimate of drug-likeness (QED) is 0.205. The van der Waals surface area contributed by atoms with Crippen molar-refractivity contribution >= 4 is 62.8 Å². The Kier molecular flexibility index (Phi) is 9.70. The van der Waals surface area contributed by atoms with Crippen LogP contribution in [-0.4, -0.2) is 25.1 Å². The molecule has 184 valence electrons. The molecule has 0 bridgehead atoms. The van der Waals surface area contributed by atoms with Gasteiger partial charge in [-0.25, -0.2) is 5.43 Å². The summed E-state index contributed by atoms with van der Waals surface area (Å²) in [5.74, 6) is -1.01. The van der Waals surface area contributed by atoms with E-state index in [1.165, 1.54) is 13.3 Å². The average Bonchev–Trinajstić information content (AvgIpc) is 2.85. The van der Waals surface area contributed by atoms with E-state index in [1.54, 1.807) is 54.6 Å². The number of carbonyl (C=O) groups is 2. The molecule has 0 fully saturated rings. The summed E-state index contributed by atoms with van der Waals surface area (Å²) in [7, 11) is 1.48. The Hall–Kier alpha value is -3.58. The zero-order valence-electron chi connectivity index (χ0n) is 18.8. The molecule has 2 amide bonds. The van der Waals surface area contributed by atoms with Gasteiger partial charge in [-0.15, -0.1) is 0 Å². The van der Waals surface area contributed by atoms with Crippen LogP contribution in [0.2, 0.25) is 10.0 Å². The molecule has 0 spiro atoms. The largest absolute Gasteiger partial charge is 0.493 e. The van der Waals surface area contributed by atoms with Gasteiger partial charge in [0.25, 0.3) is 0 Å². The molecule has 0 aliphatic rings. The summed E-state index contributed by atoms with van der Waals surface area (Å²) in [6.45, 7) is 0.118. The van der Waals surface area contributed by atoms with Gasteiger partial charge in [-0.3, -0.25) is 9.59 Å². The Balaban J connectivity index is 1.62. The fourth-order valence-corrected chi connectivity index (χ4v) is 4.05. The third-order valence-corrected chi connectivity index (χ3v) is 6.05. The maximum Gasteiger partial charge on any atom is 0.329 e. The molecule has 0 atom stereocenters. The fourth-order valence-electron chi connectivity index (χ4n) is 2.97. The highest BCUT2D eigenvalue weighted by atomic mass is 79.9. The van der Waals surface area contributed by atoms with Crippen LogP contribution in [0.1, 0.15) is 16.7 Å². The van der Waals surface area contributed by atoms with Gasteiger partial charge in [-0.05, 0) is 63.5 Å². The first kappa shape index (κ1) is 27.0. The van der Waals surface area contributed by atoms with Crippen LogP contribution in [0.4, 0.5) is 5.69 Å². The average molecular weight is 590 g/mol. The van der Waals surface area contributed by atoms with Gasteiger partial charge >= 0.3 is 11.8 Å². The fraction of sp³-hybridized carbons (Fsp3) is 0.120. The van der Waals surface area contributed by atoms with E-state index in [2.05, 4.69) is 31.8 Å². The summed E-state index contributed by atoms with van der Waals surface area (Å²) >= 11 is 15.9. The van der Waals surface area contributed by atoms with Gasteiger partial charge in [0.2, 0.25) is 0 Å². The Morgan fingerprint density at radius 1 is 1.11 bits per heavy atom. The molecule has 0 heterocycles. The number of rotatable bonds is 8. The Morgan fingerprint density at radius 3 is 2.44 bits per heavy atom. The molecule has 0 aliphatic carbocycles. The van der Waals surface area contributed by atoms with Crippen molar-refractivity contribution < 1.29 is 19.1 Å². The van der Waals surface area contributed by atoms with Crippen molar-refractivity contribution in [1.29, 1.82) is 5.26 Å². The molecule has 0 saturated carbocycles. The monoisotopic (exact) mass is 588 g/mol. The van der Waals surface area contributed by atoms with Crippen molar-refractivity contribution in [2.75, 3.05) is 12.4 Å². The topological polar surface area (TPSA) is 113 Å². The number of nitrogens with one attached hydrogen (secondary N) is 2. The second-order valence-corrected chi connectivity index (χ2v) is 8.88. The summed E-state index contributed by atoms with van der Waals surface area (Å²) in [4.78, 5) is 24.2. The minimum Gasteiger partial charge on any atom is -0.493 e. The van der Waals surface area contributed by atoms with Crippen molar-refractivity contribution in [2.24, 2.45) is 5.10 Å². The van der Waals surface area contributed by atoms with E-state index in [-0.39, 0.29) is 13.0 Å². The van der Waals surface area contributed by atoms with Crippen molar-refractivity contribution in [1.82, 2.24) is 5.43 Å². The van der Waals surface area contributed by atoms with Crippen molar-refractivity contribution in [2.45, 2.75) is 13.0 Å². The lowest BCUT2D eigenvalue weighted by molar-refractivity contribution is -0.136. The summed E-state index contributed by atoms with van der Waals surface area (Å²) in [6, 6.07) is 17.2. The lowest BCUT2D eigenvalue weighted by Gasteiger charge is -2.14. The summed E-state index contributed by atoms with van der Waals surface area (Å²) in [6.07, 6.45) is 1.61. The zero-order valence-corrected chi connectivity index (χ0v) is 21.9. The van der Waals surface area contributed by atoms with E-state index in [0.717, 1.165) is 5.56 Å². The van der Waals surface area contributed by atoms with Gasteiger partial charge in [0.15, 0.2) is 11.5 Å². The third kappa shape index (κ3) is 7.21. The first-order valence-corrected chi connectivity index (χ1v) is 11.9. The van der Waals surface area contributed by atoms with Gasteiger partial charge in [0.1, 0.15) is 6.61 Å². The molecule has 2 N–H and O–H groups in total. The van der Waals surface area contributed by atoms with E-state index in [1.807, 2.05) is 6.07 Å². The maximum atomic E-state index is 12.1. The van der Waals surface area contributed by atoms with Gasteiger partial charge in [-0.2, -0.15) is 10.4 Å². The van der Waals surface area contributed by atoms with Gasteiger partial charge in [0.05, 0.1) is 30.3 Å². The Bertz CT molecular complexity index is 1320. The van der Waals surface area contributed by atoms with Crippen molar-refractivity contribution in [3.63, 3.8) is 0 Å². The van der Waals surface area contributed by atoms with Crippen LogP contribution in [0.5, 0.6) is 11.5 Å². The minimum atomic E-state index is -0.949. The number of anilines is 1. The maximum absolute atomic E-state index is 12.1. The molecule has 0 radical (unpaired) electrons. The normalized spacial score (nSPS) is 10.5. The molecule has 0 aromatic heterocycles. The molecular formula is C25H19BrCl2N4O4. The number of benzene rings is 3. The summed E-state index contributed by atoms with van der Waals surface area (Å²) in [5, 5.41) is 16.0. The first-order chi connectivity index (χ1) is 17.3. The predicted molar refractivity (Wildman–Crippen MR) is 142 cm³/mol. The summed E-state index contributed by atoms with van der Waals surface area (Å²) < 4.78 is 11.9. The molecule has 8 nitrogen and oxygen atoms in total. The standard InChI is InChI=1S/C25H19BrCl2N4O4/c1-35-22-12-16(11-19(26)23(22)36-14-18-20(27)3-2-4-21(18)28)13-30-32-25(34)24(33)31-17-7-5-15(6-8-17)9-10-29/h2-8,11-13H,9,14H2,1H3,(H,31,33)(H,32,34)/b30-13+. The van der Waals surface area contributed by atoms with E-state index >= 15 is 0 Å². The molecule has 3 rings (SSSR count). The highest BCUT2D eigenvalue weighted by molar-refractivity contribution is 9.10. The SMILES string of the molecule is COc1cc(/C=N/NC(=O)C(=O)Nc2ccc(CC#N)cc2)cc(Br)c1OCc1c(Cl)cccc1Cl. The molecule has 36 heavy (non-hydrogen) atoms. The Labute approximate surface area is 225 Å². The molecule has 3 aromatic rings. The molecule has 0 saturated heterocycles. The molecular weight excluding hydrogens is 571 g/mol. The number of hydrogen-bond donors (Lipinski definition) is 2. The lowest BCUT2D eigenvalue weighted by atomic mass is 10.1. The van der Waals surface area contributed by atoms with Crippen LogP contribution in [0.3, 0.4) is 0 Å². The van der Waals surface area contributed by atoms with Crippen molar-refractivity contribution in [3.8, 4) is 17.6 Å². The molecule has 3 aromatic carbocycles.